The van der Waals surface area contributed by atoms with E-state index in [1.165, 1.54) is 5.56 Å². The number of carbonyl (C=O) groups is 1. The molecule has 3 rings (SSSR count). The van der Waals surface area contributed by atoms with Gasteiger partial charge in [-0.15, -0.1) is 0 Å². The molecule has 1 aromatic carbocycles. The van der Waals surface area contributed by atoms with Crippen LogP contribution in [0.1, 0.15) is 25.3 Å². The second-order valence-corrected chi connectivity index (χ2v) is 7.17. The van der Waals surface area contributed by atoms with E-state index in [2.05, 4.69) is 45.5 Å². The van der Waals surface area contributed by atoms with E-state index in [0.717, 1.165) is 45.6 Å². The van der Waals surface area contributed by atoms with Crippen molar-refractivity contribution in [2.75, 3.05) is 32.7 Å². The zero-order chi connectivity index (χ0) is 17.0. The van der Waals surface area contributed by atoms with E-state index in [-0.39, 0.29) is 5.91 Å². The Morgan fingerprint density at radius 1 is 1.21 bits per heavy atom. The predicted octanol–water partition coefficient (Wildman–Crippen LogP) is 1.61. The minimum Gasteiger partial charge on any atom is -0.337 e. The van der Waals surface area contributed by atoms with E-state index >= 15 is 0 Å². The van der Waals surface area contributed by atoms with Crippen molar-refractivity contribution in [3.63, 3.8) is 0 Å². The summed E-state index contributed by atoms with van der Waals surface area (Å²) in [5.74, 6) is 0.302. The van der Waals surface area contributed by atoms with Gasteiger partial charge in [0.1, 0.15) is 5.54 Å². The Morgan fingerprint density at radius 3 is 2.42 bits per heavy atom. The lowest BCUT2D eigenvalue weighted by Gasteiger charge is -2.35. The monoisotopic (exact) mass is 326 g/mol. The highest BCUT2D eigenvalue weighted by Crippen LogP contribution is 2.39. The number of piperazine rings is 1. The fraction of sp³-hybridized carbons (Fsp3) is 0.579. The lowest BCUT2D eigenvalue weighted by atomic mass is 9.98. The van der Waals surface area contributed by atoms with Crippen molar-refractivity contribution >= 4 is 5.91 Å². The van der Waals surface area contributed by atoms with E-state index in [1.54, 1.807) is 0 Å². The molecule has 0 bridgehead atoms. The molecule has 0 aromatic heterocycles. The number of nitrogens with one attached hydrogen (secondary N) is 1. The quantitative estimate of drug-likeness (QED) is 0.863. The van der Waals surface area contributed by atoms with Crippen LogP contribution in [0.15, 0.2) is 30.3 Å². The summed E-state index contributed by atoms with van der Waals surface area (Å²) in [4.78, 5) is 16.9. The number of amides is 1. The van der Waals surface area contributed by atoms with Crippen LogP contribution in [0.2, 0.25) is 0 Å². The van der Waals surface area contributed by atoms with Crippen molar-refractivity contribution in [3.05, 3.63) is 35.9 Å². The molecule has 1 aromatic rings. The molecule has 1 heterocycles. The van der Waals surface area contributed by atoms with Gasteiger partial charge in [-0.3, -0.25) is 14.6 Å². The average Bonchev–Trinajstić information content (AvgIpc) is 3.43. The van der Waals surface area contributed by atoms with Gasteiger partial charge in [-0.25, -0.2) is 0 Å². The maximum atomic E-state index is 12.3. The molecule has 2 aliphatic rings. The number of hydrogen-bond acceptors (Lipinski definition) is 4. The summed E-state index contributed by atoms with van der Waals surface area (Å²) in [5, 5.41) is 12.3. The molecule has 24 heavy (non-hydrogen) atoms. The topological polar surface area (TPSA) is 59.4 Å². The van der Waals surface area contributed by atoms with Crippen molar-refractivity contribution in [1.29, 1.82) is 5.26 Å². The molecular weight excluding hydrogens is 300 g/mol. The highest BCUT2D eigenvalue weighted by molar-refractivity contribution is 5.79. The summed E-state index contributed by atoms with van der Waals surface area (Å²) in [5.41, 5.74) is 0.643. The minimum atomic E-state index is -0.688. The Bertz CT molecular complexity index is 600. The van der Waals surface area contributed by atoms with Crippen LogP contribution in [0.25, 0.3) is 0 Å². The van der Waals surface area contributed by atoms with E-state index in [4.69, 9.17) is 0 Å². The Labute approximate surface area is 144 Å². The molecule has 2 fully saturated rings. The predicted molar refractivity (Wildman–Crippen MR) is 93.0 cm³/mol. The number of nitrogens with zero attached hydrogens (tertiary/aromatic N) is 3. The summed E-state index contributed by atoms with van der Waals surface area (Å²) in [6.07, 6.45) is 2.09. The molecule has 128 valence electrons. The van der Waals surface area contributed by atoms with Crippen LogP contribution in [-0.4, -0.2) is 54.0 Å². The lowest BCUT2D eigenvalue weighted by molar-refractivity contribution is -0.124. The first-order valence-electron chi connectivity index (χ1n) is 8.80. The van der Waals surface area contributed by atoms with Gasteiger partial charge >= 0.3 is 0 Å². The third-order valence-corrected chi connectivity index (χ3v) is 5.11. The van der Waals surface area contributed by atoms with Crippen LogP contribution in [0, 0.1) is 17.2 Å². The van der Waals surface area contributed by atoms with Gasteiger partial charge < -0.3 is 5.32 Å². The van der Waals surface area contributed by atoms with Crippen LogP contribution in [0.5, 0.6) is 0 Å². The SMILES string of the molecule is CC(C#N)(NC(=O)CN1CCN(Cc2ccccc2)CC1)C1CC1. The van der Waals surface area contributed by atoms with Crippen LogP contribution in [-0.2, 0) is 11.3 Å². The smallest absolute Gasteiger partial charge is 0.235 e. The third-order valence-electron chi connectivity index (χ3n) is 5.11. The Kier molecular flexibility index (Phi) is 5.17. The summed E-state index contributed by atoms with van der Waals surface area (Å²) < 4.78 is 0. The normalized spacial score (nSPS) is 21.7. The fourth-order valence-electron chi connectivity index (χ4n) is 3.36. The van der Waals surface area contributed by atoms with Gasteiger partial charge in [0.15, 0.2) is 0 Å². The molecule has 1 saturated carbocycles. The molecule has 1 aliphatic carbocycles. The van der Waals surface area contributed by atoms with E-state index in [1.807, 2.05) is 13.0 Å². The molecule has 0 spiro atoms. The van der Waals surface area contributed by atoms with E-state index < -0.39 is 5.54 Å². The Morgan fingerprint density at radius 2 is 1.83 bits per heavy atom. The Hall–Kier alpha value is -1.90. The zero-order valence-electron chi connectivity index (χ0n) is 14.4. The number of benzene rings is 1. The van der Waals surface area contributed by atoms with Gasteiger partial charge in [-0.05, 0) is 31.2 Å². The average molecular weight is 326 g/mol. The summed E-state index contributed by atoms with van der Waals surface area (Å²) in [7, 11) is 0. The highest BCUT2D eigenvalue weighted by atomic mass is 16.2. The summed E-state index contributed by atoms with van der Waals surface area (Å²) in [6, 6.07) is 12.8. The summed E-state index contributed by atoms with van der Waals surface area (Å²) in [6.45, 7) is 6.94. The first kappa shape index (κ1) is 16.9. The lowest BCUT2D eigenvalue weighted by Crippen LogP contribution is -2.53. The first-order chi connectivity index (χ1) is 11.6. The number of carbonyl (C=O) groups excluding carboxylic acids is 1. The molecular formula is C19H26N4O. The number of rotatable bonds is 6. The van der Waals surface area contributed by atoms with Crippen LogP contribution >= 0.6 is 0 Å². The van der Waals surface area contributed by atoms with Gasteiger partial charge in [-0.2, -0.15) is 5.26 Å². The van der Waals surface area contributed by atoms with Crippen molar-refractivity contribution in [3.8, 4) is 6.07 Å². The van der Waals surface area contributed by atoms with Crippen LogP contribution in [0.4, 0.5) is 0 Å². The highest BCUT2D eigenvalue weighted by Gasteiger charge is 2.43. The molecule has 1 aliphatic heterocycles. The van der Waals surface area contributed by atoms with E-state index in [0.29, 0.717) is 12.5 Å². The van der Waals surface area contributed by atoms with Crippen molar-refractivity contribution < 1.29 is 4.79 Å². The maximum Gasteiger partial charge on any atom is 0.235 e. The molecule has 5 nitrogen and oxygen atoms in total. The van der Waals surface area contributed by atoms with Crippen molar-refractivity contribution in [2.24, 2.45) is 5.92 Å². The molecule has 1 saturated heterocycles. The van der Waals surface area contributed by atoms with E-state index in [9.17, 15) is 10.1 Å². The van der Waals surface area contributed by atoms with Gasteiger partial charge in [0.2, 0.25) is 5.91 Å². The molecule has 1 atom stereocenters. The van der Waals surface area contributed by atoms with Crippen LogP contribution in [0.3, 0.4) is 0 Å². The number of hydrogen-bond donors (Lipinski definition) is 1. The largest absolute Gasteiger partial charge is 0.337 e. The summed E-state index contributed by atoms with van der Waals surface area (Å²) >= 11 is 0. The van der Waals surface area contributed by atoms with Crippen molar-refractivity contribution in [2.45, 2.75) is 31.8 Å². The van der Waals surface area contributed by atoms with Gasteiger partial charge in [0.05, 0.1) is 12.6 Å². The van der Waals surface area contributed by atoms with Crippen molar-refractivity contribution in [1.82, 2.24) is 15.1 Å². The minimum absolute atomic E-state index is 0.0255. The van der Waals surface area contributed by atoms with Gasteiger partial charge in [0.25, 0.3) is 0 Å². The maximum absolute atomic E-state index is 12.3. The third kappa shape index (κ3) is 4.34. The van der Waals surface area contributed by atoms with Gasteiger partial charge in [-0.1, -0.05) is 30.3 Å². The second-order valence-electron chi connectivity index (χ2n) is 7.17. The molecule has 0 radical (unpaired) electrons. The fourth-order valence-corrected chi connectivity index (χ4v) is 3.36. The first-order valence-corrected chi connectivity index (χ1v) is 8.80. The second kappa shape index (κ2) is 7.33. The standard InChI is InChI=1S/C19H26N4O/c1-19(15-20,17-7-8-17)21-18(24)14-23-11-9-22(10-12-23)13-16-5-3-2-4-6-16/h2-6,17H,7-14H2,1H3,(H,21,24). The molecule has 1 N–H and O–H groups in total. The van der Waals surface area contributed by atoms with Crippen LogP contribution < -0.4 is 5.32 Å². The zero-order valence-corrected chi connectivity index (χ0v) is 14.4. The Balaban J connectivity index is 1.42. The van der Waals surface area contributed by atoms with Gasteiger partial charge in [0, 0.05) is 32.7 Å². The molecule has 1 amide bonds. The number of nitriles is 1. The molecule has 1 unspecified atom stereocenters. The molecule has 5 heteroatoms.